The second-order valence-corrected chi connectivity index (χ2v) is 6.43. The third-order valence-electron chi connectivity index (χ3n) is 4.40. The maximum absolute atomic E-state index is 13.2. The molecule has 0 radical (unpaired) electrons. The van der Waals surface area contributed by atoms with Crippen molar-refractivity contribution in [2.45, 2.75) is 32.6 Å². The summed E-state index contributed by atoms with van der Waals surface area (Å²) in [6, 6.07) is 12.2. The molecule has 1 amide bonds. The number of ether oxygens (including phenoxy) is 1. The number of carbonyl (C=O) groups excluding carboxylic acids is 1. The minimum Gasteiger partial charge on any atom is -0.496 e. The molecule has 2 rings (SSSR count). The average Bonchev–Trinajstić information content (AvgIpc) is 2.61. The smallest absolute Gasteiger partial charge is 0.257 e. The number of nitrogens with zero attached hydrogens (tertiary/aromatic N) is 1. The molecule has 1 unspecified atom stereocenters. The van der Waals surface area contributed by atoms with Crippen LogP contribution < -0.4 is 4.74 Å². The van der Waals surface area contributed by atoms with Gasteiger partial charge in [0.1, 0.15) is 11.6 Å². The van der Waals surface area contributed by atoms with Gasteiger partial charge in [-0.3, -0.25) is 4.79 Å². The van der Waals surface area contributed by atoms with Crippen LogP contribution >= 0.6 is 0 Å². The number of rotatable bonds is 7. The van der Waals surface area contributed by atoms with E-state index in [1.54, 1.807) is 31.2 Å². The van der Waals surface area contributed by atoms with Crippen molar-refractivity contribution in [2.75, 3.05) is 20.7 Å². The summed E-state index contributed by atoms with van der Waals surface area (Å²) in [4.78, 5) is 14.6. The fourth-order valence-corrected chi connectivity index (χ4v) is 3.05. The first kappa shape index (κ1) is 19.0. The van der Waals surface area contributed by atoms with Crippen LogP contribution in [0.2, 0.25) is 0 Å². The van der Waals surface area contributed by atoms with Crippen molar-refractivity contribution in [1.82, 2.24) is 4.90 Å². The second kappa shape index (κ2) is 8.65. The van der Waals surface area contributed by atoms with E-state index in [1.807, 2.05) is 25.1 Å². The quantitative estimate of drug-likeness (QED) is 0.723. The topological polar surface area (TPSA) is 29.5 Å². The molecular weight excluding hydrogens is 317 g/mol. The molecule has 0 aliphatic rings. The van der Waals surface area contributed by atoms with Crippen LogP contribution in [0.3, 0.4) is 0 Å². The van der Waals surface area contributed by atoms with Crippen molar-refractivity contribution in [1.29, 1.82) is 0 Å². The zero-order valence-electron chi connectivity index (χ0n) is 15.4. The molecule has 0 bridgehead atoms. The van der Waals surface area contributed by atoms with Gasteiger partial charge in [0.25, 0.3) is 5.91 Å². The summed E-state index contributed by atoms with van der Waals surface area (Å²) in [7, 11) is 3.37. The van der Waals surface area contributed by atoms with Crippen molar-refractivity contribution in [3.8, 4) is 5.75 Å². The molecule has 3 nitrogen and oxygen atoms in total. The van der Waals surface area contributed by atoms with Gasteiger partial charge in [-0.25, -0.2) is 4.39 Å². The monoisotopic (exact) mass is 343 g/mol. The highest BCUT2D eigenvalue weighted by molar-refractivity contribution is 5.97. The molecule has 0 spiro atoms. The fourth-order valence-electron chi connectivity index (χ4n) is 3.05. The molecule has 0 heterocycles. The highest BCUT2D eigenvalue weighted by Crippen LogP contribution is 2.25. The number of aryl methyl sites for hydroxylation is 1. The summed E-state index contributed by atoms with van der Waals surface area (Å²) < 4.78 is 18.5. The summed E-state index contributed by atoms with van der Waals surface area (Å²) in [6.07, 6.45) is 1.94. The molecule has 4 heteroatoms. The Hall–Kier alpha value is -2.36. The van der Waals surface area contributed by atoms with Crippen molar-refractivity contribution >= 4 is 5.91 Å². The van der Waals surface area contributed by atoms with E-state index in [0.29, 0.717) is 17.9 Å². The van der Waals surface area contributed by atoms with E-state index >= 15 is 0 Å². The van der Waals surface area contributed by atoms with Gasteiger partial charge in [-0.05, 0) is 43.2 Å². The molecule has 2 aromatic carbocycles. The van der Waals surface area contributed by atoms with Gasteiger partial charge in [-0.2, -0.15) is 0 Å². The summed E-state index contributed by atoms with van der Waals surface area (Å²) in [5.41, 5.74) is 2.64. The molecule has 0 aromatic heterocycles. The molecule has 0 aliphatic heterocycles. The second-order valence-electron chi connectivity index (χ2n) is 6.43. The van der Waals surface area contributed by atoms with Crippen LogP contribution in [0, 0.1) is 12.7 Å². The van der Waals surface area contributed by atoms with Crippen molar-refractivity contribution in [2.24, 2.45) is 0 Å². The molecule has 0 saturated carbocycles. The molecule has 0 aliphatic carbocycles. The van der Waals surface area contributed by atoms with E-state index in [-0.39, 0.29) is 17.6 Å². The Labute approximate surface area is 149 Å². The zero-order chi connectivity index (χ0) is 18.4. The summed E-state index contributed by atoms with van der Waals surface area (Å²) >= 11 is 0. The van der Waals surface area contributed by atoms with Crippen LogP contribution in [0.15, 0.2) is 42.5 Å². The van der Waals surface area contributed by atoms with Gasteiger partial charge in [0.05, 0.1) is 12.7 Å². The predicted octanol–water partition coefficient (Wildman–Crippen LogP) is 4.80. The number of amides is 1. The molecule has 134 valence electrons. The number of benzene rings is 2. The van der Waals surface area contributed by atoms with Crippen molar-refractivity contribution in [3.63, 3.8) is 0 Å². The number of carbonyl (C=O) groups is 1. The number of halogens is 1. The van der Waals surface area contributed by atoms with Crippen LogP contribution in [0.4, 0.5) is 4.39 Å². The first-order valence-electron chi connectivity index (χ1n) is 8.61. The minimum atomic E-state index is -0.243. The van der Waals surface area contributed by atoms with Crippen molar-refractivity contribution < 1.29 is 13.9 Å². The predicted molar refractivity (Wildman–Crippen MR) is 98.7 cm³/mol. The third kappa shape index (κ3) is 4.81. The fraction of sp³-hybridized carbons (Fsp3) is 0.381. The number of likely N-dealkylation sites (N-methyl/N-ethyl adjacent to an activating group) is 1. The van der Waals surface area contributed by atoms with Crippen LogP contribution in [-0.2, 0) is 0 Å². The Kier molecular flexibility index (Phi) is 6.57. The maximum atomic E-state index is 13.2. The summed E-state index contributed by atoms with van der Waals surface area (Å²) in [6.45, 7) is 4.64. The standard InChI is InChI=1S/C21H26FNO2/c1-5-6-17(16-8-10-18(22)11-9-16)14-23(3)21(24)19-13-15(2)7-12-20(19)25-4/h7-13,17H,5-6,14H2,1-4H3. The van der Waals surface area contributed by atoms with Gasteiger partial charge in [0.15, 0.2) is 0 Å². The lowest BCUT2D eigenvalue weighted by Crippen LogP contribution is -2.31. The molecule has 2 aromatic rings. The van der Waals surface area contributed by atoms with Crippen LogP contribution in [-0.4, -0.2) is 31.5 Å². The highest BCUT2D eigenvalue weighted by atomic mass is 19.1. The lowest BCUT2D eigenvalue weighted by Gasteiger charge is -2.25. The maximum Gasteiger partial charge on any atom is 0.257 e. The first-order valence-corrected chi connectivity index (χ1v) is 8.61. The Bertz CT molecular complexity index is 712. The van der Waals surface area contributed by atoms with Crippen LogP contribution in [0.1, 0.15) is 47.2 Å². The molecule has 1 atom stereocenters. The van der Waals surface area contributed by atoms with Crippen LogP contribution in [0.25, 0.3) is 0 Å². The lowest BCUT2D eigenvalue weighted by molar-refractivity contribution is 0.0781. The SMILES string of the molecule is CCCC(CN(C)C(=O)c1cc(C)ccc1OC)c1ccc(F)cc1. The average molecular weight is 343 g/mol. The largest absolute Gasteiger partial charge is 0.496 e. The van der Waals surface area contributed by atoms with Crippen molar-refractivity contribution in [3.05, 3.63) is 65.0 Å². The van der Waals surface area contributed by atoms with Crippen LogP contribution in [0.5, 0.6) is 5.75 Å². The van der Waals surface area contributed by atoms with E-state index < -0.39 is 0 Å². The van der Waals surface area contributed by atoms with Gasteiger partial charge in [0.2, 0.25) is 0 Å². The molecule has 0 saturated heterocycles. The lowest BCUT2D eigenvalue weighted by atomic mass is 9.93. The third-order valence-corrected chi connectivity index (χ3v) is 4.40. The molecular formula is C21H26FNO2. The normalized spacial score (nSPS) is 11.9. The van der Waals surface area contributed by atoms with E-state index in [9.17, 15) is 9.18 Å². The Morgan fingerprint density at radius 3 is 2.48 bits per heavy atom. The Morgan fingerprint density at radius 1 is 1.20 bits per heavy atom. The molecule has 0 N–H and O–H groups in total. The molecule has 25 heavy (non-hydrogen) atoms. The number of hydrogen-bond acceptors (Lipinski definition) is 2. The Balaban J connectivity index is 2.20. The van der Waals surface area contributed by atoms with Gasteiger partial charge in [0, 0.05) is 19.5 Å². The van der Waals surface area contributed by atoms with E-state index in [1.165, 1.54) is 12.1 Å². The summed E-state index contributed by atoms with van der Waals surface area (Å²) in [5.74, 6) is 0.448. The van der Waals surface area contributed by atoms with Gasteiger partial charge < -0.3 is 9.64 Å². The zero-order valence-corrected chi connectivity index (χ0v) is 15.4. The number of hydrogen-bond donors (Lipinski definition) is 0. The number of methoxy groups -OCH3 is 1. The Morgan fingerprint density at radius 2 is 1.88 bits per heavy atom. The van der Waals surface area contributed by atoms with E-state index in [4.69, 9.17) is 4.74 Å². The molecule has 0 fully saturated rings. The van der Waals surface area contributed by atoms with Gasteiger partial charge in [-0.15, -0.1) is 0 Å². The van der Waals surface area contributed by atoms with Gasteiger partial charge >= 0.3 is 0 Å². The van der Waals surface area contributed by atoms with E-state index in [0.717, 1.165) is 24.0 Å². The van der Waals surface area contributed by atoms with E-state index in [2.05, 4.69) is 6.92 Å². The summed E-state index contributed by atoms with van der Waals surface area (Å²) in [5, 5.41) is 0. The minimum absolute atomic E-state index is 0.0660. The first-order chi connectivity index (χ1) is 12.0. The van der Waals surface area contributed by atoms with Gasteiger partial charge in [-0.1, -0.05) is 37.1 Å². The highest BCUT2D eigenvalue weighted by Gasteiger charge is 2.21.